The van der Waals surface area contributed by atoms with E-state index in [1.54, 1.807) is 0 Å². The number of ether oxygens (including phenoxy) is 2. The van der Waals surface area contributed by atoms with E-state index in [2.05, 4.69) is 18.3 Å². The lowest BCUT2D eigenvalue weighted by Crippen LogP contribution is -2.23. The molecule has 1 unspecified atom stereocenters. The molecule has 0 aliphatic carbocycles. The standard InChI is InChI=1S/C15H23NO3/c1-2-3-12(6-7-17)9-16-10-13-4-5-14-15(8-13)19-11-18-14/h4-5,8,12,16-17H,2-3,6-7,9-11H2,1H3. The molecule has 0 bridgehead atoms. The van der Waals surface area contributed by atoms with Gasteiger partial charge in [-0.15, -0.1) is 0 Å². The van der Waals surface area contributed by atoms with Gasteiger partial charge in [-0.25, -0.2) is 0 Å². The van der Waals surface area contributed by atoms with Gasteiger partial charge >= 0.3 is 0 Å². The summed E-state index contributed by atoms with van der Waals surface area (Å²) in [5, 5.41) is 12.5. The van der Waals surface area contributed by atoms with Gasteiger partial charge in [0.15, 0.2) is 11.5 Å². The maximum Gasteiger partial charge on any atom is 0.231 e. The lowest BCUT2D eigenvalue weighted by molar-refractivity contribution is 0.174. The van der Waals surface area contributed by atoms with Crippen LogP contribution in [0.3, 0.4) is 0 Å². The summed E-state index contributed by atoms with van der Waals surface area (Å²) >= 11 is 0. The van der Waals surface area contributed by atoms with Gasteiger partial charge in [0, 0.05) is 13.2 Å². The van der Waals surface area contributed by atoms with Crippen molar-refractivity contribution >= 4 is 0 Å². The lowest BCUT2D eigenvalue weighted by atomic mass is 10.0. The molecule has 1 aliphatic heterocycles. The van der Waals surface area contributed by atoms with Gasteiger partial charge in [-0.1, -0.05) is 19.4 Å². The summed E-state index contributed by atoms with van der Waals surface area (Å²) in [5.74, 6) is 2.22. The molecule has 19 heavy (non-hydrogen) atoms. The van der Waals surface area contributed by atoms with E-state index in [1.807, 2.05) is 12.1 Å². The molecule has 4 heteroatoms. The summed E-state index contributed by atoms with van der Waals surface area (Å²) in [4.78, 5) is 0. The molecule has 1 aromatic rings. The van der Waals surface area contributed by atoms with E-state index in [0.29, 0.717) is 12.7 Å². The maximum absolute atomic E-state index is 9.03. The molecule has 2 N–H and O–H groups in total. The summed E-state index contributed by atoms with van der Waals surface area (Å²) in [6.07, 6.45) is 3.20. The van der Waals surface area contributed by atoms with Gasteiger partial charge in [0.25, 0.3) is 0 Å². The van der Waals surface area contributed by atoms with Crippen molar-refractivity contribution in [1.82, 2.24) is 5.32 Å². The van der Waals surface area contributed by atoms with Gasteiger partial charge in [-0.3, -0.25) is 0 Å². The van der Waals surface area contributed by atoms with Crippen molar-refractivity contribution in [1.29, 1.82) is 0 Å². The van der Waals surface area contributed by atoms with Crippen LogP contribution in [0.1, 0.15) is 31.7 Å². The molecule has 0 fully saturated rings. The largest absolute Gasteiger partial charge is 0.454 e. The second-order valence-electron chi connectivity index (χ2n) is 4.99. The molecule has 0 aromatic heterocycles. The molecule has 0 spiro atoms. The zero-order valence-electron chi connectivity index (χ0n) is 11.5. The first-order valence-electron chi connectivity index (χ1n) is 7.03. The molecule has 0 saturated heterocycles. The number of rotatable bonds is 8. The van der Waals surface area contributed by atoms with Crippen LogP contribution in [-0.4, -0.2) is 25.1 Å². The monoisotopic (exact) mass is 265 g/mol. The summed E-state index contributed by atoms with van der Waals surface area (Å²) in [6.45, 7) is 4.55. The summed E-state index contributed by atoms with van der Waals surface area (Å²) in [6, 6.07) is 6.04. The van der Waals surface area contributed by atoms with Crippen molar-refractivity contribution in [2.45, 2.75) is 32.7 Å². The molecule has 2 rings (SSSR count). The van der Waals surface area contributed by atoms with Crippen molar-refractivity contribution in [3.63, 3.8) is 0 Å². The normalized spacial score (nSPS) is 14.6. The SMILES string of the molecule is CCCC(CCO)CNCc1ccc2c(c1)OCO2. The number of hydrogen-bond donors (Lipinski definition) is 2. The fraction of sp³-hybridized carbons (Fsp3) is 0.600. The quantitative estimate of drug-likeness (QED) is 0.757. The van der Waals surface area contributed by atoms with E-state index in [-0.39, 0.29) is 6.61 Å². The topological polar surface area (TPSA) is 50.7 Å². The number of benzene rings is 1. The summed E-state index contributed by atoms with van der Waals surface area (Å²) in [5.41, 5.74) is 1.20. The lowest BCUT2D eigenvalue weighted by Gasteiger charge is -2.15. The second kappa shape index (κ2) is 7.36. The minimum atomic E-state index is 0.274. The molecule has 1 aliphatic rings. The third kappa shape index (κ3) is 4.11. The van der Waals surface area contributed by atoms with E-state index in [1.165, 1.54) is 5.56 Å². The van der Waals surface area contributed by atoms with Crippen molar-refractivity contribution in [2.24, 2.45) is 5.92 Å². The van der Waals surface area contributed by atoms with Crippen LogP contribution in [0.2, 0.25) is 0 Å². The van der Waals surface area contributed by atoms with E-state index < -0.39 is 0 Å². The molecule has 1 atom stereocenters. The fourth-order valence-corrected chi connectivity index (χ4v) is 2.41. The molecule has 0 radical (unpaired) electrons. The van der Waals surface area contributed by atoms with Crippen molar-refractivity contribution in [3.05, 3.63) is 23.8 Å². The third-order valence-corrected chi connectivity index (χ3v) is 3.43. The van der Waals surface area contributed by atoms with E-state index in [0.717, 1.165) is 43.9 Å². The first kappa shape index (κ1) is 14.2. The summed E-state index contributed by atoms with van der Waals surface area (Å²) < 4.78 is 10.7. The Morgan fingerprint density at radius 2 is 2.11 bits per heavy atom. The predicted molar refractivity (Wildman–Crippen MR) is 74.4 cm³/mol. The highest BCUT2D eigenvalue weighted by molar-refractivity contribution is 5.44. The highest BCUT2D eigenvalue weighted by atomic mass is 16.7. The van der Waals surface area contributed by atoms with Crippen LogP contribution in [0.25, 0.3) is 0 Å². The van der Waals surface area contributed by atoms with Gasteiger partial charge in [0.2, 0.25) is 6.79 Å². The Morgan fingerprint density at radius 3 is 2.89 bits per heavy atom. The van der Waals surface area contributed by atoms with Gasteiger partial charge in [0.05, 0.1) is 0 Å². The Hall–Kier alpha value is -1.26. The molecule has 106 valence electrons. The molecule has 1 heterocycles. The maximum atomic E-state index is 9.03. The molecule has 4 nitrogen and oxygen atoms in total. The average Bonchev–Trinajstić information content (AvgIpc) is 2.86. The van der Waals surface area contributed by atoms with Gasteiger partial charge in [-0.05, 0) is 43.0 Å². The fourth-order valence-electron chi connectivity index (χ4n) is 2.41. The zero-order chi connectivity index (χ0) is 13.5. The number of nitrogens with one attached hydrogen (secondary N) is 1. The van der Waals surface area contributed by atoms with Crippen LogP contribution >= 0.6 is 0 Å². The van der Waals surface area contributed by atoms with Crippen LogP contribution in [0.5, 0.6) is 11.5 Å². The van der Waals surface area contributed by atoms with Gasteiger partial charge < -0.3 is 19.9 Å². The minimum absolute atomic E-state index is 0.274. The van der Waals surface area contributed by atoms with E-state index >= 15 is 0 Å². The van der Waals surface area contributed by atoms with Crippen LogP contribution in [0.15, 0.2) is 18.2 Å². The summed E-state index contributed by atoms with van der Waals surface area (Å²) in [7, 11) is 0. The first-order chi connectivity index (χ1) is 9.33. The van der Waals surface area contributed by atoms with Gasteiger partial charge in [0.1, 0.15) is 0 Å². The molecular weight excluding hydrogens is 242 g/mol. The highest BCUT2D eigenvalue weighted by Crippen LogP contribution is 2.32. The van der Waals surface area contributed by atoms with Crippen LogP contribution in [-0.2, 0) is 6.54 Å². The smallest absolute Gasteiger partial charge is 0.231 e. The molecule has 0 amide bonds. The Kier molecular flexibility index (Phi) is 5.48. The minimum Gasteiger partial charge on any atom is -0.454 e. The average molecular weight is 265 g/mol. The van der Waals surface area contributed by atoms with Crippen LogP contribution in [0.4, 0.5) is 0 Å². The zero-order valence-corrected chi connectivity index (χ0v) is 11.5. The highest BCUT2D eigenvalue weighted by Gasteiger charge is 2.13. The first-order valence-corrected chi connectivity index (χ1v) is 7.03. The van der Waals surface area contributed by atoms with Crippen molar-refractivity contribution in [2.75, 3.05) is 19.9 Å². The Bertz CT molecular complexity index is 389. The number of aliphatic hydroxyl groups is 1. The Balaban J connectivity index is 1.78. The Morgan fingerprint density at radius 1 is 1.26 bits per heavy atom. The third-order valence-electron chi connectivity index (χ3n) is 3.43. The number of hydrogen-bond acceptors (Lipinski definition) is 4. The van der Waals surface area contributed by atoms with Crippen molar-refractivity contribution < 1.29 is 14.6 Å². The molecular formula is C15H23NO3. The number of aliphatic hydroxyl groups excluding tert-OH is 1. The Labute approximate surface area is 114 Å². The molecule has 1 aromatic carbocycles. The van der Waals surface area contributed by atoms with Crippen LogP contribution < -0.4 is 14.8 Å². The molecule has 0 saturated carbocycles. The predicted octanol–water partition coefficient (Wildman–Crippen LogP) is 2.30. The van der Waals surface area contributed by atoms with E-state index in [4.69, 9.17) is 14.6 Å². The second-order valence-corrected chi connectivity index (χ2v) is 4.99. The van der Waals surface area contributed by atoms with E-state index in [9.17, 15) is 0 Å². The van der Waals surface area contributed by atoms with Gasteiger partial charge in [-0.2, -0.15) is 0 Å². The van der Waals surface area contributed by atoms with Crippen LogP contribution in [0, 0.1) is 5.92 Å². The number of fused-ring (bicyclic) bond motifs is 1. The van der Waals surface area contributed by atoms with Crippen molar-refractivity contribution in [3.8, 4) is 11.5 Å².